The first-order valence-electron chi connectivity index (χ1n) is 5.35. The number of carbonyl (C=O) groups excluding carboxylic acids is 1. The first kappa shape index (κ1) is 13.1. The van der Waals surface area contributed by atoms with Crippen LogP contribution in [0.25, 0.3) is 0 Å². The van der Waals surface area contributed by atoms with Gasteiger partial charge in [-0.1, -0.05) is 20.3 Å². The monoisotopic (exact) mass is 199 g/mol. The van der Waals surface area contributed by atoms with Gasteiger partial charge in [0.05, 0.1) is 6.61 Å². The fraction of sp³-hybridized carbons (Fsp3) is 0.818. The van der Waals surface area contributed by atoms with Gasteiger partial charge in [-0.3, -0.25) is 4.79 Å². The van der Waals surface area contributed by atoms with Crippen LogP contribution >= 0.6 is 0 Å². The van der Waals surface area contributed by atoms with Crippen LogP contribution in [-0.4, -0.2) is 18.8 Å². The smallest absolute Gasteiger partial charge is 0.305 e. The minimum atomic E-state index is -0.129. The molecule has 0 rings (SSSR count). The molecule has 0 saturated carbocycles. The van der Waals surface area contributed by atoms with E-state index in [9.17, 15) is 4.79 Å². The lowest BCUT2D eigenvalue weighted by molar-refractivity contribution is -0.144. The third-order valence-electron chi connectivity index (χ3n) is 2.30. The summed E-state index contributed by atoms with van der Waals surface area (Å²) in [7, 11) is 0. The Hall–Kier alpha value is -0.860. The van der Waals surface area contributed by atoms with Crippen LogP contribution in [-0.2, 0) is 9.53 Å². The minimum absolute atomic E-state index is 0.129. The molecule has 0 aromatic rings. The molecule has 0 aliphatic carbocycles. The van der Waals surface area contributed by atoms with Crippen molar-refractivity contribution in [2.75, 3.05) is 6.61 Å². The molecular weight excluding hydrogens is 178 g/mol. The van der Waals surface area contributed by atoms with Gasteiger partial charge in [-0.25, -0.2) is 0 Å². The number of hydrogen-bond donors (Lipinski definition) is 1. The first-order valence-corrected chi connectivity index (χ1v) is 5.35. The summed E-state index contributed by atoms with van der Waals surface area (Å²) in [6.45, 7) is 4.83. The average molecular weight is 199 g/mol. The number of nitrogens with one attached hydrogen (secondary N) is 1. The minimum Gasteiger partial charge on any atom is -0.466 e. The van der Waals surface area contributed by atoms with Crippen LogP contribution < -0.4 is 0 Å². The van der Waals surface area contributed by atoms with Gasteiger partial charge in [0.1, 0.15) is 0 Å². The number of ether oxygens (including phenoxy) is 1. The highest BCUT2D eigenvalue weighted by atomic mass is 16.5. The van der Waals surface area contributed by atoms with Gasteiger partial charge in [-0.2, -0.15) is 0 Å². The van der Waals surface area contributed by atoms with Crippen molar-refractivity contribution in [3.8, 4) is 0 Å². The zero-order valence-corrected chi connectivity index (χ0v) is 9.21. The van der Waals surface area contributed by atoms with Crippen molar-refractivity contribution in [2.24, 2.45) is 5.92 Å². The van der Waals surface area contributed by atoms with Crippen molar-refractivity contribution in [3.63, 3.8) is 0 Å². The Bertz CT molecular complexity index is 169. The van der Waals surface area contributed by atoms with E-state index in [2.05, 4.69) is 13.8 Å². The van der Waals surface area contributed by atoms with E-state index < -0.39 is 0 Å². The third kappa shape index (κ3) is 7.77. The Morgan fingerprint density at radius 2 is 2.29 bits per heavy atom. The van der Waals surface area contributed by atoms with Gasteiger partial charge in [0.2, 0.25) is 0 Å². The van der Waals surface area contributed by atoms with E-state index in [0.29, 0.717) is 25.4 Å². The van der Waals surface area contributed by atoms with Crippen LogP contribution in [0.4, 0.5) is 0 Å². The number of hydrogen-bond acceptors (Lipinski definition) is 3. The molecule has 14 heavy (non-hydrogen) atoms. The number of unbranched alkanes of at least 4 members (excludes halogenated alkanes) is 1. The maximum atomic E-state index is 11.1. The molecule has 82 valence electrons. The van der Waals surface area contributed by atoms with Gasteiger partial charge in [0.15, 0.2) is 0 Å². The highest BCUT2D eigenvalue weighted by molar-refractivity contribution is 5.69. The molecule has 1 atom stereocenters. The molecule has 0 heterocycles. The fourth-order valence-electron chi connectivity index (χ4n) is 0.999. The molecular formula is C11H21NO2. The molecule has 3 heteroatoms. The predicted molar refractivity (Wildman–Crippen MR) is 57.7 cm³/mol. The molecule has 0 radical (unpaired) electrons. The quantitative estimate of drug-likeness (QED) is 0.371. The highest BCUT2D eigenvalue weighted by Gasteiger charge is 2.03. The molecule has 0 aliphatic rings. The maximum Gasteiger partial charge on any atom is 0.305 e. The topological polar surface area (TPSA) is 50.2 Å². The van der Waals surface area contributed by atoms with Gasteiger partial charge in [-0.05, 0) is 31.4 Å². The van der Waals surface area contributed by atoms with Crippen molar-refractivity contribution in [2.45, 2.75) is 46.0 Å². The largest absolute Gasteiger partial charge is 0.466 e. The molecule has 0 fully saturated rings. The second-order valence-corrected chi connectivity index (χ2v) is 3.62. The van der Waals surface area contributed by atoms with Crippen molar-refractivity contribution >= 4 is 12.2 Å². The summed E-state index contributed by atoms with van der Waals surface area (Å²) < 4.78 is 5.05. The second-order valence-electron chi connectivity index (χ2n) is 3.62. The van der Waals surface area contributed by atoms with E-state index in [1.54, 1.807) is 0 Å². The molecule has 0 saturated heterocycles. The van der Waals surface area contributed by atoms with Crippen molar-refractivity contribution < 1.29 is 9.53 Å². The van der Waals surface area contributed by atoms with Crippen LogP contribution in [0.5, 0.6) is 0 Å². The lowest BCUT2D eigenvalue weighted by atomic mass is 10.1. The van der Waals surface area contributed by atoms with Crippen LogP contribution in [0, 0.1) is 11.3 Å². The molecule has 0 amide bonds. The van der Waals surface area contributed by atoms with E-state index in [4.69, 9.17) is 10.1 Å². The molecule has 0 aromatic heterocycles. The van der Waals surface area contributed by atoms with E-state index in [1.165, 1.54) is 6.21 Å². The molecule has 0 aromatic carbocycles. The number of esters is 1. The van der Waals surface area contributed by atoms with Gasteiger partial charge < -0.3 is 10.1 Å². The lowest BCUT2D eigenvalue weighted by Gasteiger charge is -2.08. The summed E-state index contributed by atoms with van der Waals surface area (Å²) in [5.74, 6) is 0.500. The standard InChI is InChI=1S/C11H21NO2/c1-3-10(2)7-9-14-11(13)6-4-5-8-12/h8,10,12H,3-7,9H2,1-2H3. The van der Waals surface area contributed by atoms with Crippen LogP contribution in [0.1, 0.15) is 46.0 Å². The summed E-state index contributed by atoms with van der Waals surface area (Å²) in [6, 6.07) is 0. The fourth-order valence-corrected chi connectivity index (χ4v) is 0.999. The molecule has 3 nitrogen and oxygen atoms in total. The Kier molecular flexibility index (Phi) is 8.19. The summed E-state index contributed by atoms with van der Waals surface area (Å²) in [4.78, 5) is 11.1. The van der Waals surface area contributed by atoms with E-state index >= 15 is 0 Å². The van der Waals surface area contributed by atoms with E-state index in [-0.39, 0.29) is 5.97 Å². The van der Waals surface area contributed by atoms with Crippen molar-refractivity contribution in [1.82, 2.24) is 0 Å². The Morgan fingerprint density at radius 1 is 1.57 bits per heavy atom. The van der Waals surface area contributed by atoms with Crippen LogP contribution in [0.3, 0.4) is 0 Å². The lowest BCUT2D eigenvalue weighted by Crippen LogP contribution is -2.08. The summed E-state index contributed by atoms with van der Waals surface area (Å²) in [5.41, 5.74) is 0. The Morgan fingerprint density at radius 3 is 2.86 bits per heavy atom. The molecule has 0 spiro atoms. The Balaban J connectivity index is 3.30. The maximum absolute atomic E-state index is 11.1. The van der Waals surface area contributed by atoms with Crippen LogP contribution in [0.15, 0.2) is 0 Å². The Labute approximate surface area is 86.3 Å². The normalized spacial score (nSPS) is 12.1. The van der Waals surface area contributed by atoms with Gasteiger partial charge in [0.25, 0.3) is 0 Å². The van der Waals surface area contributed by atoms with Crippen molar-refractivity contribution in [1.29, 1.82) is 5.41 Å². The van der Waals surface area contributed by atoms with Gasteiger partial charge in [-0.15, -0.1) is 0 Å². The highest BCUT2D eigenvalue weighted by Crippen LogP contribution is 2.06. The average Bonchev–Trinajstić information content (AvgIpc) is 2.18. The molecule has 1 unspecified atom stereocenters. The summed E-state index contributed by atoms with van der Waals surface area (Å²) >= 11 is 0. The van der Waals surface area contributed by atoms with Crippen molar-refractivity contribution in [3.05, 3.63) is 0 Å². The van der Waals surface area contributed by atoms with E-state index in [0.717, 1.165) is 19.3 Å². The zero-order valence-electron chi connectivity index (χ0n) is 9.21. The molecule has 1 N–H and O–H groups in total. The predicted octanol–water partition coefficient (Wildman–Crippen LogP) is 2.79. The zero-order chi connectivity index (χ0) is 10.8. The summed E-state index contributed by atoms with van der Waals surface area (Å²) in [6.07, 6.45) is 5.24. The summed E-state index contributed by atoms with van der Waals surface area (Å²) in [5, 5.41) is 6.79. The number of rotatable bonds is 8. The number of carbonyl (C=O) groups is 1. The second kappa shape index (κ2) is 8.73. The SMILES string of the molecule is CCC(C)CCOC(=O)CCCC=N. The van der Waals surface area contributed by atoms with Gasteiger partial charge >= 0.3 is 5.97 Å². The first-order chi connectivity index (χ1) is 6.70. The third-order valence-corrected chi connectivity index (χ3v) is 2.30. The van der Waals surface area contributed by atoms with Crippen LogP contribution in [0.2, 0.25) is 0 Å². The van der Waals surface area contributed by atoms with Gasteiger partial charge in [0, 0.05) is 6.42 Å². The molecule has 0 aliphatic heterocycles. The van der Waals surface area contributed by atoms with E-state index in [1.807, 2.05) is 0 Å². The molecule has 0 bridgehead atoms.